The highest BCUT2D eigenvalue weighted by Gasteiger charge is 2.08. The highest BCUT2D eigenvalue weighted by Crippen LogP contribution is 2.28. The van der Waals surface area contributed by atoms with E-state index in [0.29, 0.717) is 5.03 Å². The Labute approximate surface area is 100 Å². The average Bonchev–Trinajstić information content (AvgIpc) is 2.25. The molecule has 15 heavy (non-hydrogen) atoms. The van der Waals surface area contributed by atoms with Crippen molar-refractivity contribution in [2.24, 2.45) is 0 Å². The topological polar surface area (TPSA) is 51.6 Å². The molecule has 2 aromatic heterocycles. The first-order valence-corrected chi connectivity index (χ1v) is 5.47. The highest BCUT2D eigenvalue weighted by atomic mass is 35.5. The number of aromatic nitrogens is 4. The van der Waals surface area contributed by atoms with Crippen LogP contribution >= 0.6 is 35.0 Å². The largest absolute Gasteiger partial charge is 0.250 e. The molecular weight excluding hydrogens is 255 g/mol. The van der Waals surface area contributed by atoms with Crippen molar-refractivity contribution in [2.45, 2.75) is 10.1 Å². The van der Waals surface area contributed by atoms with Gasteiger partial charge in [0, 0.05) is 6.20 Å². The van der Waals surface area contributed by atoms with Crippen molar-refractivity contribution in [3.63, 3.8) is 0 Å². The van der Waals surface area contributed by atoms with Crippen LogP contribution in [0.1, 0.15) is 0 Å². The first kappa shape index (κ1) is 10.6. The fourth-order valence-corrected chi connectivity index (χ4v) is 1.94. The minimum atomic E-state index is 0.0674. The quantitative estimate of drug-likeness (QED) is 0.829. The molecule has 0 unspecified atom stereocenters. The summed E-state index contributed by atoms with van der Waals surface area (Å²) >= 11 is 12.7. The smallest absolute Gasteiger partial charge is 0.244 e. The zero-order valence-electron chi connectivity index (χ0n) is 7.26. The van der Waals surface area contributed by atoms with E-state index < -0.39 is 0 Å². The van der Waals surface area contributed by atoms with E-state index in [1.807, 2.05) is 18.2 Å². The van der Waals surface area contributed by atoms with Crippen molar-refractivity contribution >= 4 is 35.0 Å². The number of rotatable bonds is 2. The molecule has 0 N–H and O–H groups in total. The molecule has 0 saturated carbocycles. The number of nitrogens with zero attached hydrogens (tertiary/aromatic N) is 4. The Hall–Kier alpha value is -0.910. The molecule has 0 spiro atoms. The lowest BCUT2D eigenvalue weighted by Gasteiger charge is -2.00. The lowest BCUT2D eigenvalue weighted by atomic mass is 10.5. The standard InChI is InChI=1S/C8H4Cl2N4S/c9-6-7(12-8(10)14-13-6)15-5-3-1-2-4-11-5/h1-4H. The summed E-state index contributed by atoms with van der Waals surface area (Å²) in [6.07, 6.45) is 1.69. The van der Waals surface area contributed by atoms with E-state index in [1.165, 1.54) is 11.8 Å². The Morgan fingerprint density at radius 1 is 1.13 bits per heavy atom. The van der Waals surface area contributed by atoms with Crippen LogP contribution in [0.3, 0.4) is 0 Å². The molecule has 2 aromatic rings. The molecule has 2 rings (SSSR count). The van der Waals surface area contributed by atoms with Crippen molar-refractivity contribution in [2.75, 3.05) is 0 Å². The van der Waals surface area contributed by atoms with Gasteiger partial charge in [-0.25, -0.2) is 9.97 Å². The third kappa shape index (κ3) is 2.77. The number of halogens is 2. The summed E-state index contributed by atoms with van der Waals surface area (Å²) < 4.78 is 0. The van der Waals surface area contributed by atoms with Gasteiger partial charge in [0.2, 0.25) is 5.28 Å². The zero-order valence-corrected chi connectivity index (χ0v) is 9.59. The molecule has 7 heteroatoms. The Bertz CT molecular complexity index is 465. The molecule has 76 valence electrons. The summed E-state index contributed by atoms with van der Waals surface area (Å²) in [4.78, 5) is 8.07. The molecule has 0 atom stereocenters. The van der Waals surface area contributed by atoms with Gasteiger partial charge in [0.15, 0.2) is 5.15 Å². The maximum absolute atomic E-state index is 5.80. The van der Waals surface area contributed by atoms with Crippen molar-refractivity contribution in [3.8, 4) is 0 Å². The normalized spacial score (nSPS) is 10.3. The predicted molar refractivity (Wildman–Crippen MR) is 58.2 cm³/mol. The van der Waals surface area contributed by atoms with E-state index in [9.17, 15) is 0 Å². The Kier molecular flexibility index (Phi) is 3.35. The van der Waals surface area contributed by atoms with Crippen LogP contribution < -0.4 is 0 Å². The van der Waals surface area contributed by atoms with Gasteiger partial charge in [0.1, 0.15) is 10.1 Å². The van der Waals surface area contributed by atoms with E-state index in [0.717, 1.165) is 5.03 Å². The monoisotopic (exact) mass is 258 g/mol. The van der Waals surface area contributed by atoms with Gasteiger partial charge >= 0.3 is 0 Å². The van der Waals surface area contributed by atoms with Crippen LogP contribution in [0.4, 0.5) is 0 Å². The first-order chi connectivity index (χ1) is 7.25. The Balaban J connectivity index is 2.28. The average molecular weight is 259 g/mol. The van der Waals surface area contributed by atoms with Crippen LogP contribution in [0.2, 0.25) is 10.4 Å². The summed E-state index contributed by atoms with van der Waals surface area (Å²) in [5.74, 6) is 0. The second kappa shape index (κ2) is 4.74. The molecule has 0 aliphatic rings. The molecule has 0 aliphatic carbocycles. The molecule has 0 aromatic carbocycles. The summed E-state index contributed by atoms with van der Waals surface area (Å²) in [5.41, 5.74) is 0. The lowest BCUT2D eigenvalue weighted by Crippen LogP contribution is -1.91. The first-order valence-electron chi connectivity index (χ1n) is 3.90. The van der Waals surface area contributed by atoms with E-state index in [4.69, 9.17) is 23.2 Å². The summed E-state index contributed by atoms with van der Waals surface area (Å²) in [6, 6.07) is 5.55. The van der Waals surface area contributed by atoms with Gasteiger partial charge in [-0.3, -0.25) is 0 Å². The van der Waals surface area contributed by atoms with Crippen molar-refractivity contribution < 1.29 is 0 Å². The second-order valence-corrected chi connectivity index (χ2v) is 4.15. The van der Waals surface area contributed by atoms with E-state index >= 15 is 0 Å². The van der Waals surface area contributed by atoms with E-state index in [1.54, 1.807) is 6.20 Å². The number of hydrogen-bond donors (Lipinski definition) is 0. The van der Waals surface area contributed by atoms with Gasteiger partial charge in [-0.15, -0.1) is 10.2 Å². The van der Waals surface area contributed by atoms with Crippen LogP contribution in [0, 0.1) is 0 Å². The molecule has 0 bridgehead atoms. The lowest BCUT2D eigenvalue weighted by molar-refractivity contribution is 0.903. The third-order valence-corrected chi connectivity index (χ3v) is 2.88. The van der Waals surface area contributed by atoms with Crippen LogP contribution in [0.5, 0.6) is 0 Å². The minimum absolute atomic E-state index is 0.0674. The SMILES string of the molecule is Clc1nnc(Cl)c(Sc2ccccn2)n1. The van der Waals surface area contributed by atoms with Gasteiger partial charge in [0.05, 0.1) is 0 Å². The van der Waals surface area contributed by atoms with Gasteiger partial charge in [-0.1, -0.05) is 17.7 Å². The molecule has 0 radical (unpaired) electrons. The fraction of sp³-hybridized carbons (Fsp3) is 0. The summed E-state index contributed by atoms with van der Waals surface area (Å²) in [7, 11) is 0. The van der Waals surface area contributed by atoms with Gasteiger partial charge in [0.25, 0.3) is 0 Å². The number of pyridine rings is 1. The van der Waals surface area contributed by atoms with Crippen LogP contribution in [-0.4, -0.2) is 20.2 Å². The molecule has 0 aliphatic heterocycles. The van der Waals surface area contributed by atoms with Gasteiger partial charge < -0.3 is 0 Å². The molecule has 4 nitrogen and oxygen atoms in total. The van der Waals surface area contributed by atoms with E-state index in [2.05, 4.69) is 20.2 Å². The van der Waals surface area contributed by atoms with Crippen molar-refractivity contribution in [3.05, 3.63) is 34.8 Å². The molecular formula is C8H4Cl2N4S. The van der Waals surface area contributed by atoms with Crippen LogP contribution in [-0.2, 0) is 0 Å². The molecule has 0 fully saturated rings. The highest BCUT2D eigenvalue weighted by molar-refractivity contribution is 7.99. The molecule has 0 saturated heterocycles. The minimum Gasteiger partial charge on any atom is -0.250 e. The Morgan fingerprint density at radius 3 is 2.73 bits per heavy atom. The maximum Gasteiger partial charge on any atom is 0.244 e. The zero-order chi connectivity index (χ0) is 10.7. The van der Waals surface area contributed by atoms with Crippen LogP contribution in [0.15, 0.2) is 34.4 Å². The van der Waals surface area contributed by atoms with Crippen molar-refractivity contribution in [1.29, 1.82) is 0 Å². The predicted octanol–water partition coefficient (Wildman–Crippen LogP) is 2.72. The van der Waals surface area contributed by atoms with Gasteiger partial charge in [-0.05, 0) is 35.5 Å². The van der Waals surface area contributed by atoms with Crippen LogP contribution in [0.25, 0.3) is 0 Å². The van der Waals surface area contributed by atoms with E-state index in [-0.39, 0.29) is 10.4 Å². The maximum atomic E-state index is 5.80. The Morgan fingerprint density at radius 2 is 2.00 bits per heavy atom. The fourth-order valence-electron chi connectivity index (χ4n) is 0.852. The third-order valence-electron chi connectivity index (χ3n) is 1.43. The second-order valence-electron chi connectivity index (χ2n) is 2.45. The molecule has 2 heterocycles. The number of hydrogen-bond acceptors (Lipinski definition) is 5. The summed E-state index contributed by atoms with van der Waals surface area (Å²) in [6.45, 7) is 0. The summed E-state index contributed by atoms with van der Waals surface area (Å²) in [5, 5.41) is 8.72. The van der Waals surface area contributed by atoms with Crippen molar-refractivity contribution in [1.82, 2.24) is 20.2 Å². The molecule has 0 amide bonds. The van der Waals surface area contributed by atoms with Gasteiger partial charge in [-0.2, -0.15) is 0 Å².